The molecule has 0 aliphatic heterocycles. The molecule has 223 valence electrons. The standard InChI is InChI=1S/C12H8N2.3C7H6O3.Nd/c1-3-9-5-6-10-4-2-8-14-12(10)11(9)13-7-1;3*8-6-4-2-1-3-5(6)7(9)10;/h1-8H;3*1-4,8H,(H,9,10);/q;;;;+3/p-3. The van der Waals surface area contributed by atoms with E-state index in [9.17, 15) is 29.7 Å². The molecule has 3 N–H and O–H groups in total. The molecule has 6 aromatic rings. The largest absolute Gasteiger partial charge is 3.00 e. The zero-order chi connectivity index (χ0) is 32.1. The Kier molecular flexibility index (Phi) is 14.3. The van der Waals surface area contributed by atoms with Gasteiger partial charge >= 0.3 is 58.7 Å². The van der Waals surface area contributed by atoms with Crippen molar-refractivity contribution in [2.24, 2.45) is 0 Å². The number of aromatic nitrogens is 2. The molecule has 6 rings (SSSR count). The molecule has 0 aliphatic rings. The van der Waals surface area contributed by atoms with Gasteiger partial charge in [-0.15, -0.1) is 0 Å². The van der Waals surface area contributed by atoms with Crippen molar-refractivity contribution < 1.29 is 85.9 Å². The predicted octanol–water partition coefficient (Wildman–Crippen LogP) is 4.16. The molecule has 0 saturated carbocycles. The third-order valence-electron chi connectivity index (χ3n) is 5.70. The molecular formula is C33H23N2NdO9. The second-order valence-corrected chi connectivity index (χ2v) is 8.62. The van der Waals surface area contributed by atoms with E-state index in [0.29, 0.717) is 0 Å². The Morgan fingerprint density at radius 2 is 0.733 bits per heavy atom. The van der Waals surface area contributed by atoms with E-state index in [1.165, 1.54) is 72.8 Å². The van der Waals surface area contributed by atoms with Crippen LogP contribution in [0.3, 0.4) is 0 Å². The van der Waals surface area contributed by atoms with Gasteiger partial charge in [0.05, 0.1) is 27.7 Å². The Hall–Kier alpha value is -5.14. The summed E-state index contributed by atoms with van der Waals surface area (Å²) in [5.41, 5.74) is 1.42. The minimum Gasteiger partial charge on any atom is -0.872 e. The maximum atomic E-state index is 10.7. The summed E-state index contributed by atoms with van der Waals surface area (Å²) in [4.78, 5) is 39.4. The zero-order valence-corrected chi connectivity index (χ0v) is 26.4. The number of carbonyl (C=O) groups is 3. The van der Waals surface area contributed by atoms with Crippen molar-refractivity contribution in [2.75, 3.05) is 0 Å². The van der Waals surface area contributed by atoms with Gasteiger partial charge in [0.1, 0.15) is 0 Å². The van der Waals surface area contributed by atoms with Crippen molar-refractivity contribution in [3.8, 4) is 17.2 Å². The van der Waals surface area contributed by atoms with Gasteiger partial charge in [-0.05, 0) is 30.3 Å². The number of benzene rings is 4. The monoisotopic (exact) mass is 733 g/mol. The normalized spacial score (nSPS) is 9.51. The Morgan fingerprint density at radius 1 is 0.444 bits per heavy atom. The smallest absolute Gasteiger partial charge is 0.872 e. The first-order valence-corrected chi connectivity index (χ1v) is 12.7. The summed E-state index contributed by atoms with van der Waals surface area (Å²) in [6.45, 7) is 0. The SMILES string of the molecule is O=C(O)c1ccccc1[O-].O=C(O)c1ccccc1[O-].O=C(O)c1ccccc1[O-].[Nd+3].c1cnc2c(c1)ccc1cccnc12. The number of nitrogens with zero attached hydrogens (tertiary/aromatic N) is 2. The summed E-state index contributed by atoms with van der Waals surface area (Å²) in [6, 6.07) is 28.7. The van der Waals surface area contributed by atoms with Crippen LogP contribution >= 0.6 is 0 Å². The Balaban J connectivity index is 0.000000211. The van der Waals surface area contributed by atoms with Crippen LogP contribution in [0, 0.1) is 40.8 Å². The van der Waals surface area contributed by atoms with Crippen molar-refractivity contribution in [1.29, 1.82) is 0 Å². The van der Waals surface area contributed by atoms with E-state index in [4.69, 9.17) is 15.3 Å². The molecule has 2 heterocycles. The van der Waals surface area contributed by atoms with Gasteiger partial charge < -0.3 is 30.6 Å². The van der Waals surface area contributed by atoms with E-state index in [1.807, 2.05) is 12.1 Å². The summed E-state index contributed by atoms with van der Waals surface area (Å²) in [7, 11) is 0. The van der Waals surface area contributed by atoms with Gasteiger partial charge in [-0.25, -0.2) is 14.4 Å². The van der Waals surface area contributed by atoms with Gasteiger partial charge in [0.15, 0.2) is 0 Å². The predicted molar refractivity (Wildman–Crippen MR) is 156 cm³/mol. The number of para-hydroxylation sites is 3. The van der Waals surface area contributed by atoms with Gasteiger partial charge in [0.25, 0.3) is 0 Å². The molecule has 2 aromatic heterocycles. The van der Waals surface area contributed by atoms with Gasteiger partial charge in [-0.1, -0.05) is 96.1 Å². The Labute approximate surface area is 289 Å². The number of aromatic carboxylic acids is 3. The molecule has 0 aliphatic carbocycles. The van der Waals surface area contributed by atoms with Gasteiger partial charge in [-0.2, -0.15) is 0 Å². The van der Waals surface area contributed by atoms with E-state index in [2.05, 4.69) is 34.2 Å². The maximum absolute atomic E-state index is 10.7. The minimum atomic E-state index is -1.18. The first-order chi connectivity index (χ1) is 21.1. The average molecular weight is 736 g/mol. The van der Waals surface area contributed by atoms with Crippen LogP contribution in [0.25, 0.3) is 21.8 Å². The van der Waals surface area contributed by atoms with Gasteiger partial charge in [-0.3, -0.25) is 9.97 Å². The topological polar surface area (TPSA) is 207 Å². The molecule has 4 aromatic carbocycles. The summed E-state index contributed by atoms with van der Waals surface area (Å²) in [5, 5.41) is 59.4. The van der Waals surface area contributed by atoms with Crippen LogP contribution in [0.15, 0.2) is 122 Å². The Morgan fingerprint density at radius 3 is 0.978 bits per heavy atom. The van der Waals surface area contributed by atoms with Crippen LogP contribution in [0.2, 0.25) is 0 Å². The fraction of sp³-hybridized carbons (Fsp3) is 0. The molecule has 1 radical (unpaired) electrons. The van der Waals surface area contributed by atoms with Crippen molar-refractivity contribution >= 4 is 39.7 Å². The molecular weight excluding hydrogens is 713 g/mol. The van der Waals surface area contributed by atoms with Gasteiger partial charge in [0.2, 0.25) is 0 Å². The molecule has 0 fully saturated rings. The molecule has 0 atom stereocenters. The number of carboxylic acid groups (broad SMARTS) is 3. The number of carboxylic acids is 3. The number of hydrogen-bond acceptors (Lipinski definition) is 8. The van der Waals surface area contributed by atoms with E-state index in [-0.39, 0.29) is 57.5 Å². The molecule has 0 unspecified atom stereocenters. The van der Waals surface area contributed by atoms with Crippen molar-refractivity contribution in [1.82, 2.24) is 9.97 Å². The summed E-state index contributed by atoms with van der Waals surface area (Å²) < 4.78 is 0. The number of fused-ring (bicyclic) bond motifs is 3. The van der Waals surface area contributed by atoms with Crippen molar-refractivity contribution in [3.05, 3.63) is 138 Å². The van der Waals surface area contributed by atoms with Crippen LogP contribution in [0.1, 0.15) is 31.1 Å². The van der Waals surface area contributed by atoms with E-state index in [0.717, 1.165) is 21.8 Å². The minimum absolute atomic E-state index is 0. The third-order valence-corrected chi connectivity index (χ3v) is 5.70. The second-order valence-electron chi connectivity index (χ2n) is 8.62. The molecule has 45 heavy (non-hydrogen) atoms. The van der Waals surface area contributed by atoms with E-state index in [1.54, 1.807) is 12.4 Å². The van der Waals surface area contributed by atoms with Crippen molar-refractivity contribution in [2.45, 2.75) is 0 Å². The van der Waals surface area contributed by atoms with Crippen LogP contribution in [-0.2, 0) is 0 Å². The van der Waals surface area contributed by atoms with Crippen LogP contribution in [0.5, 0.6) is 17.2 Å². The van der Waals surface area contributed by atoms with E-state index < -0.39 is 35.2 Å². The number of pyridine rings is 2. The third kappa shape index (κ3) is 10.5. The van der Waals surface area contributed by atoms with E-state index >= 15 is 0 Å². The summed E-state index contributed by atoms with van der Waals surface area (Å²) >= 11 is 0. The maximum Gasteiger partial charge on any atom is 3.00 e. The first kappa shape index (κ1) is 36.1. The Bertz CT molecular complexity index is 1730. The zero-order valence-electron chi connectivity index (χ0n) is 23.2. The molecule has 0 amide bonds. The molecule has 11 nitrogen and oxygen atoms in total. The summed E-state index contributed by atoms with van der Waals surface area (Å²) in [6.07, 6.45) is 3.60. The van der Waals surface area contributed by atoms with Crippen LogP contribution in [0.4, 0.5) is 0 Å². The molecule has 0 saturated heterocycles. The number of rotatable bonds is 3. The fourth-order valence-electron chi connectivity index (χ4n) is 3.61. The number of hydrogen-bond donors (Lipinski definition) is 3. The second kappa shape index (κ2) is 17.9. The van der Waals surface area contributed by atoms with Gasteiger partial charge in [0, 0.05) is 23.2 Å². The quantitative estimate of drug-likeness (QED) is 0.220. The first-order valence-electron chi connectivity index (χ1n) is 12.7. The van der Waals surface area contributed by atoms with Crippen LogP contribution in [-0.4, -0.2) is 43.2 Å². The molecule has 0 spiro atoms. The molecule has 0 bridgehead atoms. The molecule has 12 heteroatoms. The fourth-order valence-corrected chi connectivity index (χ4v) is 3.61. The van der Waals surface area contributed by atoms with Crippen molar-refractivity contribution in [3.63, 3.8) is 0 Å². The van der Waals surface area contributed by atoms with Crippen LogP contribution < -0.4 is 15.3 Å². The average Bonchev–Trinajstić information content (AvgIpc) is 3.02. The summed E-state index contributed by atoms with van der Waals surface area (Å²) in [5.74, 6) is -4.87.